The third kappa shape index (κ3) is 3.76. The van der Waals surface area contributed by atoms with Crippen molar-refractivity contribution in [3.63, 3.8) is 0 Å². The standard InChI is InChI=1S/C24H16ClF3/c25-23-11-4-3-10-22(23)19-13-16(14-20(15-19)24(26,27)28)12-18-8-5-7-17-6-1-2-9-21(17)18/h1-11,13-15H,12H2. The van der Waals surface area contributed by atoms with Crippen molar-refractivity contribution in [2.24, 2.45) is 0 Å². The molecule has 4 heteroatoms. The van der Waals surface area contributed by atoms with Crippen LogP contribution in [0.4, 0.5) is 13.2 Å². The largest absolute Gasteiger partial charge is 0.416 e. The molecule has 0 fully saturated rings. The van der Waals surface area contributed by atoms with Gasteiger partial charge >= 0.3 is 6.18 Å². The van der Waals surface area contributed by atoms with E-state index in [-0.39, 0.29) is 0 Å². The van der Waals surface area contributed by atoms with Gasteiger partial charge in [-0.1, -0.05) is 78.3 Å². The predicted molar refractivity (Wildman–Crippen MR) is 109 cm³/mol. The average Bonchev–Trinajstić information content (AvgIpc) is 2.68. The fraction of sp³-hybridized carbons (Fsp3) is 0.0833. The first-order chi connectivity index (χ1) is 13.4. The summed E-state index contributed by atoms with van der Waals surface area (Å²) in [5.41, 5.74) is 1.98. The van der Waals surface area contributed by atoms with E-state index in [4.69, 9.17) is 11.6 Å². The Morgan fingerprint density at radius 2 is 1.46 bits per heavy atom. The molecule has 0 bridgehead atoms. The SMILES string of the molecule is FC(F)(F)c1cc(Cc2cccc3ccccc23)cc(-c2ccccc2Cl)c1. The highest BCUT2D eigenvalue weighted by Crippen LogP contribution is 2.36. The molecular weight excluding hydrogens is 381 g/mol. The Balaban J connectivity index is 1.84. The summed E-state index contributed by atoms with van der Waals surface area (Å²) < 4.78 is 40.6. The number of halogens is 4. The molecule has 0 unspecified atom stereocenters. The molecule has 140 valence electrons. The van der Waals surface area contributed by atoms with E-state index in [2.05, 4.69) is 0 Å². The predicted octanol–water partition coefficient (Wildman–Crippen LogP) is 7.77. The molecule has 0 N–H and O–H groups in total. The first-order valence-corrected chi connectivity index (χ1v) is 9.22. The van der Waals surface area contributed by atoms with Gasteiger partial charge in [-0.25, -0.2) is 0 Å². The maximum Gasteiger partial charge on any atom is 0.416 e. The third-order valence-electron chi connectivity index (χ3n) is 4.78. The van der Waals surface area contributed by atoms with Gasteiger partial charge in [0.2, 0.25) is 0 Å². The van der Waals surface area contributed by atoms with Crippen LogP contribution < -0.4 is 0 Å². The summed E-state index contributed by atoms with van der Waals surface area (Å²) in [5, 5.41) is 2.54. The summed E-state index contributed by atoms with van der Waals surface area (Å²) in [6, 6.07) is 24.9. The maximum atomic E-state index is 13.5. The van der Waals surface area contributed by atoms with Crippen LogP contribution >= 0.6 is 11.6 Å². The van der Waals surface area contributed by atoms with Crippen LogP contribution in [0, 0.1) is 0 Å². The van der Waals surface area contributed by atoms with Crippen molar-refractivity contribution in [2.75, 3.05) is 0 Å². The third-order valence-corrected chi connectivity index (χ3v) is 5.11. The second kappa shape index (κ2) is 7.33. The minimum atomic E-state index is -4.43. The van der Waals surface area contributed by atoms with E-state index in [1.165, 1.54) is 6.07 Å². The van der Waals surface area contributed by atoms with Gasteiger partial charge in [-0.2, -0.15) is 13.2 Å². The Morgan fingerprint density at radius 1 is 0.750 bits per heavy atom. The topological polar surface area (TPSA) is 0 Å². The van der Waals surface area contributed by atoms with Crippen LogP contribution in [0.5, 0.6) is 0 Å². The molecule has 0 aromatic heterocycles. The van der Waals surface area contributed by atoms with Gasteiger partial charge in [-0.15, -0.1) is 0 Å². The number of alkyl halides is 3. The normalized spacial score (nSPS) is 11.7. The Kier molecular flexibility index (Phi) is 4.86. The van der Waals surface area contributed by atoms with Crippen LogP contribution in [-0.2, 0) is 12.6 Å². The number of fused-ring (bicyclic) bond motifs is 1. The summed E-state index contributed by atoms with van der Waals surface area (Å²) in [6.45, 7) is 0. The highest BCUT2D eigenvalue weighted by molar-refractivity contribution is 6.33. The van der Waals surface area contributed by atoms with E-state index in [1.54, 1.807) is 30.3 Å². The van der Waals surface area contributed by atoms with Crippen LogP contribution in [0.25, 0.3) is 21.9 Å². The molecule has 4 aromatic rings. The summed E-state index contributed by atoms with van der Waals surface area (Å²) in [5.74, 6) is 0. The molecule has 28 heavy (non-hydrogen) atoms. The Bertz CT molecular complexity index is 1140. The molecule has 0 spiro atoms. The Hall–Kier alpha value is -2.78. The fourth-order valence-electron chi connectivity index (χ4n) is 3.48. The molecule has 0 radical (unpaired) electrons. The molecule has 0 saturated carbocycles. The molecule has 0 heterocycles. The van der Waals surface area contributed by atoms with Gasteiger partial charge in [0.05, 0.1) is 5.56 Å². The number of rotatable bonds is 3. The highest BCUT2D eigenvalue weighted by atomic mass is 35.5. The second-order valence-electron chi connectivity index (χ2n) is 6.71. The van der Waals surface area contributed by atoms with Crippen molar-refractivity contribution in [1.29, 1.82) is 0 Å². The minimum absolute atomic E-state index is 0.405. The van der Waals surface area contributed by atoms with Gasteiger partial charge in [0.1, 0.15) is 0 Å². The number of benzene rings is 4. The minimum Gasteiger partial charge on any atom is -0.166 e. The molecular formula is C24H16ClF3. The number of hydrogen-bond donors (Lipinski definition) is 0. The van der Waals surface area contributed by atoms with Crippen molar-refractivity contribution in [3.8, 4) is 11.1 Å². The monoisotopic (exact) mass is 396 g/mol. The van der Waals surface area contributed by atoms with Crippen LogP contribution in [-0.4, -0.2) is 0 Å². The van der Waals surface area contributed by atoms with Gasteiger partial charge < -0.3 is 0 Å². The lowest BCUT2D eigenvalue weighted by molar-refractivity contribution is -0.137. The molecule has 0 aliphatic rings. The van der Waals surface area contributed by atoms with Crippen molar-refractivity contribution >= 4 is 22.4 Å². The first-order valence-electron chi connectivity index (χ1n) is 8.84. The van der Waals surface area contributed by atoms with E-state index in [9.17, 15) is 13.2 Å². The van der Waals surface area contributed by atoms with Gasteiger partial charge in [0.15, 0.2) is 0 Å². The molecule has 0 aliphatic carbocycles. The zero-order valence-electron chi connectivity index (χ0n) is 14.8. The number of hydrogen-bond acceptors (Lipinski definition) is 0. The van der Waals surface area contributed by atoms with E-state index in [0.29, 0.717) is 28.1 Å². The van der Waals surface area contributed by atoms with E-state index >= 15 is 0 Å². The summed E-state index contributed by atoms with van der Waals surface area (Å²) in [7, 11) is 0. The van der Waals surface area contributed by atoms with Crippen LogP contribution in [0.15, 0.2) is 84.9 Å². The van der Waals surface area contributed by atoms with Gasteiger partial charge in [0, 0.05) is 10.6 Å². The van der Waals surface area contributed by atoms with Crippen LogP contribution in [0.2, 0.25) is 5.02 Å². The molecule has 0 atom stereocenters. The summed E-state index contributed by atoms with van der Waals surface area (Å²) in [6.07, 6.45) is -4.02. The quantitative estimate of drug-likeness (QED) is 0.332. The van der Waals surface area contributed by atoms with Gasteiger partial charge in [-0.05, 0) is 52.1 Å². The smallest absolute Gasteiger partial charge is 0.166 e. The Morgan fingerprint density at radius 3 is 2.25 bits per heavy atom. The lowest BCUT2D eigenvalue weighted by atomic mass is 9.94. The molecule has 4 aromatic carbocycles. The van der Waals surface area contributed by atoms with Gasteiger partial charge in [0.25, 0.3) is 0 Å². The van der Waals surface area contributed by atoms with Crippen molar-refractivity contribution in [2.45, 2.75) is 12.6 Å². The molecule has 0 nitrogen and oxygen atoms in total. The fourth-order valence-corrected chi connectivity index (χ4v) is 3.72. The van der Waals surface area contributed by atoms with Crippen LogP contribution in [0.1, 0.15) is 16.7 Å². The Labute approximate surface area is 166 Å². The zero-order valence-corrected chi connectivity index (χ0v) is 15.6. The molecule has 4 rings (SSSR count). The molecule has 0 aliphatic heterocycles. The lowest BCUT2D eigenvalue weighted by Gasteiger charge is -2.14. The molecule has 0 amide bonds. The van der Waals surface area contributed by atoms with Crippen molar-refractivity contribution in [3.05, 3.63) is 107 Å². The van der Waals surface area contributed by atoms with Crippen LogP contribution in [0.3, 0.4) is 0 Å². The molecule has 0 saturated heterocycles. The summed E-state index contributed by atoms with van der Waals surface area (Å²) in [4.78, 5) is 0. The van der Waals surface area contributed by atoms with Crippen molar-refractivity contribution < 1.29 is 13.2 Å². The first kappa shape index (κ1) is 18.6. The van der Waals surface area contributed by atoms with E-state index < -0.39 is 11.7 Å². The maximum absolute atomic E-state index is 13.5. The van der Waals surface area contributed by atoms with E-state index in [0.717, 1.165) is 22.4 Å². The highest BCUT2D eigenvalue weighted by Gasteiger charge is 2.31. The van der Waals surface area contributed by atoms with Crippen molar-refractivity contribution in [1.82, 2.24) is 0 Å². The lowest BCUT2D eigenvalue weighted by Crippen LogP contribution is -2.06. The zero-order chi connectivity index (χ0) is 19.7. The van der Waals surface area contributed by atoms with Gasteiger partial charge in [-0.3, -0.25) is 0 Å². The van der Waals surface area contributed by atoms with E-state index in [1.807, 2.05) is 42.5 Å². The average molecular weight is 397 g/mol. The summed E-state index contributed by atoms with van der Waals surface area (Å²) >= 11 is 6.23. The second-order valence-corrected chi connectivity index (χ2v) is 7.12.